The van der Waals surface area contributed by atoms with E-state index < -0.39 is 0 Å². The molecule has 18 heavy (non-hydrogen) atoms. The number of anilines is 1. The average molecular weight is 249 g/mol. The largest absolute Gasteiger partial charge is 0.326 e. The minimum atomic E-state index is 0.0165. The van der Waals surface area contributed by atoms with Crippen LogP contribution in [-0.4, -0.2) is 30.9 Å². The first kappa shape index (κ1) is 14.7. The van der Waals surface area contributed by atoms with Gasteiger partial charge in [-0.15, -0.1) is 0 Å². The number of carbonyl (C=O) groups excluding carboxylic acids is 1. The van der Waals surface area contributed by atoms with Gasteiger partial charge in [0.25, 0.3) is 0 Å². The highest BCUT2D eigenvalue weighted by Crippen LogP contribution is 2.10. The molecule has 0 unspecified atom stereocenters. The topological polar surface area (TPSA) is 58.4 Å². The lowest BCUT2D eigenvalue weighted by molar-refractivity contribution is -0.117. The molecule has 0 bridgehead atoms. The molecule has 1 aromatic rings. The molecule has 0 fully saturated rings. The number of nitrogens with one attached hydrogen (secondary N) is 1. The van der Waals surface area contributed by atoms with Crippen molar-refractivity contribution in [2.24, 2.45) is 5.73 Å². The van der Waals surface area contributed by atoms with Crippen LogP contribution in [0.25, 0.3) is 0 Å². The summed E-state index contributed by atoms with van der Waals surface area (Å²) in [5.41, 5.74) is 7.40. The van der Waals surface area contributed by atoms with Gasteiger partial charge >= 0.3 is 0 Å². The van der Waals surface area contributed by atoms with E-state index in [1.807, 2.05) is 36.2 Å². The molecule has 1 rings (SSSR count). The van der Waals surface area contributed by atoms with E-state index in [9.17, 15) is 4.79 Å². The van der Waals surface area contributed by atoms with Crippen LogP contribution < -0.4 is 11.1 Å². The molecule has 3 N–H and O–H groups in total. The lowest BCUT2D eigenvalue weighted by Crippen LogP contribution is -2.30. The Morgan fingerprint density at radius 2 is 2.22 bits per heavy atom. The van der Waals surface area contributed by atoms with Gasteiger partial charge in [-0.1, -0.05) is 25.5 Å². The average Bonchev–Trinajstić information content (AvgIpc) is 2.36. The van der Waals surface area contributed by atoms with Crippen LogP contribution in [0, 0.1) is 0 Å². The number of hydrogen-bond donors (Lipinski definition) is 2. The van der Waals surface area contributed by atoms with Gasteiger partial charge in [0.1, 0.15) is 0 Å². The molecule has 0 aliphatic carbocycles. The molecule has 0 spiro atoms. The first-order valence-electron chi connectivity index (χ1n) is 6.43. The first-order valence-corrected chi connectivity index (χ1v) is 6.43. The van der Waals surface area contributed by atoms with E-state index in [2.05, 4.69) is 12.2 Å². The Balaban J connectivity index is 2.43. The van der Waals surface area contributed by atoms with Crippen molar-refractivity contribution in [2.45, 2.75) is 26.3 Å². The van der Waals surface area contributed by atoms with Gasteiger partial charge in [-0.3, -0.25) is 9.69 Å². The van der Waals surface area contributed by atoms with Crippen molar-refractivity contribution in [3.63, 3.8) is 0 Å². The third kappa shape index (κ3) is 5.29. The van der Waals surface area contributed by atoms with Crippen LogP contribution in [0.5, 0.6) is 0 Å². The van der Waals surface area contributed by atoms with E-state index in [1.54, 1.807) is 0 Å². The number of unbranched alkanes of at least 4 members (excludes halogenated alkanes) is 1. The van der Waals surface area contributed by atoms with Crippen LogP contribution in [0.15, 0.2) is 24.3 Å². The molecule has 1 amide bonds. The minimum absolute atomic E-state index is 0.0165. The zero-order valence-corrected chi connectivity index (χ0v) is 11.3. The van der Waals surface area contributed by atoms with Crippen LogP contribution in [0.2, 0.25) is 0 Å². The van der Waals surface area contributed by atoms with Gasteiger partial charge in [-0.25, -0.2) is 0 Å². The molecule has 0 saturated heterocycles. The van der Waals surface area contributed by atoms with E-state index in [4.69, 9.17) is 5.73 Å². The second-order valence-electron chi connectivity index (χ2n) is 4.54. The number of rotatable bonds is 7. The molecule has 0 heterocycles. The molecule has 0 aliphatic heterocycles. The summed E-state index contributed by atoms with van der Waals surface area (Å²) in [6.07, 6.45) is 2.26. The van der Waals surface area contributed by atoms with Crippen molar-refractivity contribution >= 4 is 11.6 Å². The quantitative estimate of drug-likeness (QED) is 0.775. The number of likely N-dealkylation sites (N-methyl/N-ethyl adjacent to an activating group) is 1. The van der Waals surface area contributed by atoms with Gasteiger partial charge in [0, 0.05) is 12.2 Å². The number of nitrogens with two attached hydrogens (primary N) is 1. The second kappa shape index (κ2) is 7.84. The van der Waals surface area contributed by atoms with Crippen molar-refractivity contribution in [1.82, 2.24) is 4.90 Å². The lowest BCUT2D eigenvalue weighted by Gasteiger charge is -2.15. The van der Waals surface area contributed by atoms with Crippen molar-refractivity contribution in [2.75, 3.05) is 25.5 Å². The molecular formula is C14H23N3O. The molecule has 0 radical (unpaired) electrons. The molecule has 0 aliphatic rings. The standard InChI is InChI=1S/C14H23N3O/c1-3-4-8-17(2)11-14(18)16-13-7-5-6-12(9-13)10-15/h5-7,9H,3-4,8,10-11,15H2,1-2H3,(H,16,18). The first-order chi connectivity index (χ1) is 8.65. The van der Waals surface area contributed by atoms with E-state index in [0.717, 1.165) is 30.6 Å². The molecular weight excluding hydrogens is 226 g/mol. The Morgan fingerprint density at radius 3 is 2.89 bits per heavy atom. The van der Waals surface area contributed by atoms with Crippen molar-refractivity contribution < 1.29 is 4.79 Å². The Hall–Kier alpha value is -1.39. The van der Waals surface area contributed by atoms with Crippen LogP contribution in [-0.2, 0) is 11.3 Å². The number of nitrogens with zero attached hydrogens (tertiary/aromatic N) is 1. The van der Waals surface area contributed by atoms with Gasteiger partial charge in [0.2, 0.25) is 5.91 Å². The highest BCUT2D eigenvalue weighted by atomic mass is 16.2. The van der Waals surface area contributed by atoms with E-state index in [1.165, 1.54) is 0 Å². The lowest BCUT2D eigenvalue weighted by atomic mass is 10.2. The highest BCUT2D eigenvalue weighted by molar-refractivity contribution is 5.92. The smallest absolute Gasteiger partial charge is 0.238 e. The molecule has 100 valence electrons. The van der Waals surface area contributed by atoms with Gasteiger partial charge < -0.3 is 11.1 Å². The van der Waals surface area contributed by atoms with Gasteiger partial charge in [-0.05, 0) is 37.7 Å². The van der Waals surface area contributed by atoms with E-state index in [0.29, 0.717) is 13.1 Å². The zero-order valence-electron chi connectivity index (χ0n) is 11.3. The molecule has 0 atom stereocenters. The van der Waals surface area contributed by atoms with Crippen LogP contribution in [0.4, 0.5) is 5.69 Å². The fourth-order valence-corrected chi connectivity index (χ4v) is 1.73. The zero-order chi connectivity index (χ0) is 13.4. The SMILES string of the molecule is CCCCN(C)CC(=O)Nc1cccc(CN)c1. The Morgan fingerprint density at radius 1 is 1.44 bits per heavy atom. The van der Waals surface area contributed by atoms with Gasteiger partial charge in [0.15, 0.2) is 0 Å². The number of benzene rings is 1. The maximum absolute atomic E-state index is 11.8. The van der Waals surface area contributed by atoms with Crippen molar-refractivity contribution in [3.8, 4) is 0 Å². The summed E-state index contributed by atoms with van der Waals surface area (Å²) in [5, 5.41) is 2.89. The van der Waals surface area contributed by atoms with Crippen molar-refractivity contribution in [3.05, 3.63) is 29.8 Å². The summed E-state index contributed by atoms with van der Waals surface area (Å²) in [6, 6.07) is 7.63. The van der Waals surface area contributed by atoms with Gasteiger partial charge in [0.05, 0.1) is 6.54 Å². The summed E-state index contributed by atoms with van der Waals surface area (Å²) < 4.78 is 0. The fourth-order valence-electron chi connectivity index (χ4n) is 1.73. The number of carbonyl (C=O) groups is 1. The van der Waals surface area contributed by atoms with E-state index >= 15 is 0 Å². The van der Waals surface area contributed by atoms with Crippen LogP contribution >= 0.6 is 0 Å². The third-order valence-corrected chi connectivity index (χ3v) is 2.75. The molecule has 0 aromatic heterocycles. The highest BCUT2D eigenvalue weighted by Gasteiger charge is 2.06. The summed E-state index contributed by atoms with van der Waals surface area (Å²) in [4.78, 5) is 13.8. The molecule has 1 aromatic carbocycles. The molecule has 0 saturated carbocycles. The second-order valence-corrected chi connectivity index (χ2v) is 4.54. The Labute approximate surface area is 109 Å². The summed E-state index contributed by atoms with van der Waals surface area (Å²) >= 11 is 0. The number of hydrogen-bond acceptors (Lipinski definition) is 3. The maximum Gasteiger partial charge on any atom is 0.238 e. The third-order valence-electron chi connectivity index (χ3n) is 2.75. The predicted molar refractivity (Wildman–Crippen MR) is 75.4 cm³/mol. The summed E-state index contributed by atoms with van der Waals surface area (Å²) in [7, 11) is 1.96. The van der Waals surface area contributed by atoms with Gasteiger partial charge in [-0.2, -0.15) is 0 Å². The van der Waals surface area contributed by atoms with Crippen LogP contribution in [0.3, 0.4) is 0 Å². The molecule has 4 nitrogen and oxygen atoms in total. The minimum Gasteiger partial charge on any atom is -0.326 e. The Kier molecular flexibility index (Phi) is 6.39. The number of amides is 1. The maximum atomic E-state index is 11.8. The molecule has 4 heteroatoms. The van der Waals surface area contributed by atoms with E-state index in [-0.39, 0.29) is 5.91 Å². The Bertz CT molecular complexity index is 379. The van der Waals surface area contributed by atoms with Crippen molar-refractivity contribution in [1.29, 1.82) is 0 Å². The predicted octanol–water partition coefficient (Wildman–Crippen LogP) is 1.82. The van der Waals surface area contributed by atoms with Crippen LogP contribution in [0.1, 0.15) is 25.3 Å². The summed E-state index contributed by atoms with van der Waals surface area (Å²) in [5.74, 6) is 0.0165. The fraction of sp³-hybridized carbons (Fsp3) is 0.500. The monoisotopic (exact) mass is 249 g/mol. The normalized spacial score (nSPS) is 10.7. The summed E-state index contributed by atoms with van der Waals surface area (Å²) in [6.45, 7) is 4.01.